The van der Waals surface area contributed by atoms with Crippen LogP contribution < -0.4 is 0 Å². The average Bonchev–Trinajstić information content (AvgIpc) is 2.93. The number of rotatable bonds is 4. The Hall–Kier alpha value is -0.0800. The van der Waals surface area contributed by atoms with Crippen molar-refractivity contribution >= 4 is 0 Å². The summed E-state index contributed by atoms with van der Waals surface area (Å²) >= 11 is 0. The molecule has 1 aliphatic heterocycles. The summed E-state index contributed by atoms with van der Waals surface area (Å²) in [4.78, 5) is 2.72. The molecule has 0 aromatic heterocycles. The molecule has 3 aliphatic rings. The van der Waals surface area contributed by atoms with Crippen LogP contribution in [0.1, 0.15) is 58.3 Å². The van der Waals surface area contributed by atoms with Crippen molar-refractivity contribution in [3.05, 3.63) is 0 Å². The summed E-state index contributed by atoms with van der Waals surface area (Å²) in [7, 11) is 0. The molecule has 5 unspecified atom stereocenters. The van der Waals surface area contributed by atoms with Crippen LogP contribution in [0.25, 0.3) is 0 Å². The molecule has 5 atom stereocenters. The molecule has 0 amide bonds. The minimum atomic E-state index is -0.129. The third-order valence-corrected chi connectivity index (χ3v) is 5.72. The van der Waals surface area contributed by atoms with Crippen LogP contribution in [0.2, 0.25) is 0 Å². The first-order valence-electron chi connectivity index (χ1n) is 8.14. The number of fused-ring (bicyclic) bond motifs is 2. The van der Waals surface area contributed by atoms with Gasteiger partial charge in [-0.05, 0) is 69.7 Å². The van der Waals surface area contributed by atoms with E-state index >= 15 is 0 Å². The molecule has 104 valence electrons. The average molecular weight is 251 g/mol. The van der Waals surface area contributed by atoms with E-state index in [0.29, 0.717) is 6.04 Å². The van der Waals surface area contributed by atoms with Gasteiger partial charge < -0.3 is 10.0 Å². The lowest BCUT2D eigenvalue weighted by molar-refractivity contribution is 0.0666. The van der Waals surface area contributed by atoms with E-state index in [0.717, 1.165) is 24.2 Å². The van der Waals surface area contributed by atoms with E-state index in [2.05, 4.69) is 4.90 Å². The van der Waals surface area contributed by atoms with Crippen molar-refractivity contribution in [2.75, 3.05) is 13.1 Å². The van der Waals surface area contributed by atoms with Gasteiger partial charge in [-0.15, -0.1) is 0 Å². The zero-order valence-electron chi connectivity index (χ0n) is 11.9. The number of hydrogen-bond donors (Lipinski definition) is 1. The fraction of sp³-hybridized carbons (Fsp3) is 1.00. The van der Waals surface area contributed by atoms with E-state index in [1.165, 1.54) is 58.0 Å². The van der Waals surface area contributed by atoms with E-state index < -0.39 is 0 Å². The third kappa shape index (κ3) is 2.75. The Morgan fingerprint density at radius 1 is 1.17 bits per heavy atom. The van der Waals surface area contributed by atoms with E-state index in [4.69, 9.17) is 0 Å². The van der Waals surface area contributed by atoms with Crippen molar-refractivity contribution in [2.45, 2.75) is 70.4 Å². The SMILES string of the molecule is CC(O)CC1CCCCN1CC1CC2CCC1C2. The predicted octanol–water partition coefficient (Wildman–Crippen LogP) is 3.05. The zero-order chi connectivity index (χ0) is 12.5. The van der Waals surface area contributed by atoms with Crippen LogP contribution in [0.3, 0.4) is 0 Å². The van der Waals surface area contributed by atoms with Crippen LogP contribution in [0.5, 0.6) is 0 Å². The van der Waals surface area contributed by atoms with Gasteiger partial charge in [-0.2, -0.15) is 0 Å². The van der Waals surface area contributed by atoms with E-state index in [1.807, 2.05) is 6.92 Å². The maximum atomic E-state index is 9.66. The summed E-state index contributed by atoms with van der Waals surface area (Å²) in [6.07, 6.45) is 11.0. The highest BCUT2D eigenvalue weighted by Crippen LogP contribution is 2.48. The highest BCUT2D eigenvalue weighted by molar-refractivity contribution is 4.92. The minimum absolute atomic E-state index is 0.129. The van der Waals surface area contributed by atoms with Gasteiger partial charge in [0.05, 0.1) is 6.10 Å². The quantitative estimate of drug-likeness (QED) is 0.830. The van der Waals surface area contributed by atoms with Gasteiger partial charge in [0.15, 0.2) is 0 Å². The highest BCUT2D eigenvalue weighted by Gasteiger charge is 2.40. The molecule has 0 spiro atoms. The molecule has 0 radical (unpaired) electrons. The number of aliphatic hydroxyl groups excluding tert-OH is 1. The predicted molar refractivity (Wildman–Crippen MR) is 74.4 cm³/mol. The molecule has 18 heavy (non-hydrogen) atoms. The molecular formula is C16H29NO. The van der Waals surface area contributed by atoms with Gasteiger partial charge in [0, 0.05) is 12.6 Å². The Morgan fingerprint density at radius 2 is 2.06 bits per heavy atom. The van der Waals surface area contributed by atoms with Crippen LogP contribution in [-0.2, 0) is 0 Å². The molecule has 3 rings (SSSR count). The van der Waals surface area contributed by atoms with Crippen molar-refractivity contribution in [3.8, 4) is 0 Å². The van der Waals surface area contributed by atoms with Crippen molar-refractivity contribution in [3.63, 3.8) is 0 Å². The summed E-state index contributed by atoms with van der Waals surface area (Å²) < 4.78 is 0. The van der Waals surface area contributed by atoms with Crippen molar-refractivity contribution < 1.29 is 5.11 Å². The van der Waals surface area contributed by atoms with Gasteiger partial charge in [-0.1, -0.05) is 12.8 Å². The van der Waals surface area contributed by atoms with Crippen LogP contribution in [-0.4, -0.2) is 35.2 Å². The molecule has 2 saturated carbocycles. The first-order chi connectivity index (χ1) is 8.72. The maximum Gasteiger partial charge on any atom is 0.0527 e. The summed E-state index contributed by atoms with van der Waals surface area (Å²) in [6, 6.07) is 0.665. The van der Waals surface area contributed by atoms with Crippen LogP contribution in [0.15, 0.2) is 0 Å². The van der Waals surface area contributed by atoms with E-state index in [1.54, 1.807) is 0 Å². The van der Waals surface area contributed by atoms with Gasteiger partial charge in [0.25, 0.3) is 0 Å². The fourth-order valence-corrected chi connectivity index (χ4v) is 4.86. The van der Waals surface area contributed by atoms with Gasteiger partial charge in [-0.3, -0.25) is 0 Å². The Labute approximate surface area is 112 Å². The van der Waals surface area contributed by atoms with E-state index in [9.17, 15) is 5.11 Å². The van der Waals surface area contributed by atoms with Gasteiger partial charge in [0.2, 0.25) is 0 Å². The van der Waals surface area contributed by atoms with Gasteiger partial charge in [0.1, 0.15) is 0 Å². The minimum Gasteiger partial charge on any atom is -0.393 e. The monoisotopic (exact) mass is 251 g/mol. The normalized spacial score (nSPS) is 42.3. The second-order valence-electron chi connectivity index (χ2n) is 7.16. The Bertz CT molecular complexity index is 278. The lowest BCUT2D eigenvalue weighted by Gasteiger charge is -2.39. The standard InChI is InChI=1S/C16H29NO/c1-12(18)8-16-4-2-3-7-17(16)11-15-10-13-5-6-14(15)9-13/h12-16,18H,2-11H2,1H3. The molecule has 2 bridgehead atoms. The van der Waals surface area contributed by atoms with Gasteiger partial charge in [-0.25, -0.2) is 0 Å². The molecule has 1 N–H and O–H groups in total. The molecule has 1 heterocycles. The summed E-state index contributed by atoms with van der Waals surface area (Å²) in [5, 5.41) is 9.66. The van der Waals surface area contributed by atoms with Crippen molar-refractivity contribution in [2.24, 2.45) is 17.8 Å². The topological polar surface area (TPSA) is 23.5 Å². The number of likely N-dealkylation sites (tertiary alicyclic amines) is 1. The number of hydrogen-bond acceptors (Lipinski definition) is 2. The third-order valence-electron chi connectivity index (χ3n) is 5.72. The number of nitrogens with zero attached hydrogens (tertiary/aromatic N) is 1. The highest BCUT2D eigenvalue weighted by atomic mass is 16.3. The van der Waals surface area contributed by atoms with Crippen LogP contribution in [0, 0.1) is 17.8 Å². The largest absolute Gasteiger partial charge is 0.393 e. The molecule has 0 aromatic carbocycles. The Morgan fingerprint density at radius 3 is 2.72 bits per heavy atom. The summed E-state index contributed by atoms with van der Waals surface area (Å²) in [5.41, 5.74) is 0. The Kier molecular flexibility index (Phi) is 3.95. The van der Waals surface area contributed by atoms with Crippen LogP contribution >= 0.6 is 0 Å². The lowest BCUT2D eigenvalue weighted by Crippen LogP contribution is -2.44. The molecule has 0 aromatic rings. The maximum absolute atomic E-state index is 9.66. The summed E-state index contributed by atoms with van der Waals surface area (Å²) in [6.45, 7) is 4.56. The van der Waals surface area contributed by atoms with Crippen LogP contribution in [0.4, 0.5) is 0 Å². The van der Waals surface area contributed by atoms with Crippen molar-refractivity contribution in [1.82, 2.24) is 4.90 Å². The molecular weight excluding hydrogens is 222 g/mol. The second-order valence-corrected chi connectivity index (χ2v) is 7.16. The first kappa shape index (κ1) is 12.9. The zero-order valence-corrected chi connectivity index (χ0v) is 11.9. The van der Waals surface area contributed by atoms with Crippen molar-refractivity contribution in [1.29, 1.82) is 0 Å². The lowest BCUT2D eigenvalue weighted by atomic mass is 9.87. The number of aliphatic hydroxyl groups is 1. The summed E-state index contributed by atoms with van der Waals surface area (Å²) in [5.74, 6) is 3.10. The molecule has 2 nitrogen and oxygen atoms in total. The van der Waals surface area contributed by atoms with Gasteiger partial charge >= 0.3 is 0 Å². The molecule has 1 saturated heterocycles. The molecule has 2 aliphatic carbocycles. The van der Waals surface area contributed by atoms with E-state index in [-0.39, 0.29) is 6.10 Å². The smallest absolute Gasteiger partial charge is 0.0527 e. The number of piperidine rings is 1. The molecule has 2 heteroatoms. The second kappa shape index (κ2) is 5.50. The Balaban J connectivity index is 1.56. The fourth-order valence-electron chi connectivity index (χ4n) is 4.86. The molecule has 3 fully saturated rings. The first-order valence-corrected chi connectivity index (χ1v) is 8.14.